The molecule has 0 atom stereocenters. The number of amides is 2. The Morgan fingerprint density at radius 3 is 2.42 bits per heavy atom. The van der Waals surface area contributed by atoms with Crippen LogP contribution in [0.5, 0.6) is 0 Å². The van der Waals surface area contributed by atoms with Gasteiger partial charge in [-0.1, -0.05) is 30.3 Å². The first-order chi connectivity index (χ1) is 19.1. The zero-order chi connectivity index (χ0) is 28.4. The number of hydrogen-bond donors (Lipinski definition) is 1. The van der Waals surface area contributed by atoms with Crippen molar-refractivity contribution in [3.8, 4) is 0 Å². The molecule has 2 amide bonds. The Morgan fingerprint density at radius 1 is 1.00 bits per heavy atom. The Bertz CT molecular complexity index is 1390. The number of piperidine rings is 1. The number of hydrogen-bond acceptors (Lipinski definition) is 3. The number of benzene rings is 2. The third kappa shape index (κ3) is 6.01. The lowest BCUT2D eigenvalue weighted by Gasteiger charge is -2.32. The third-order valence-electron chi connectivity index (χ3n) is 8.18. The van der Waals surface area contributed by atoms with E-state index in [1.807, 2.05) is 28.5 Å². The molecule has 0 spiro atoms. The van der Waals surface area contributed by atoms with Crippen LogP contribution in [0.4, 0.5) is 17.6 Å². The second kappa shape index (κ2) is 11.6. The summed E-state index contributed by atoms with van der Waals surface area (Å²) in [5.74, 6) is -2.69. The summed E-state index contributed by atoms with van der Waals surface area (Å²) in [5.41, 5.74) is 3.67. The van der Waals surface area contributed by atoms with E-state index in [0.29, 0.717) is 42.6 Å². The fourth-order valence-corrected chi connectivity index (χ4v) is 6.01. The summed E-state index contributed by atoms with van der Waals surface area (Å²) in [4.78, 5) is 29.1. The molecule has 40 heavy (non-hydrogen) atoms. The van der Waals surface area contributed by atoms with Crippen molar-refractivity contribution < 1.29 is 27.2 Å². The van der Waals surface area contributed by atoms with Gasteiger partial charge in [-0.25, -0.2) is 4.39 Å². The normalized spacial score (nSPS) is 17.1. The van der Waals surface area contributed by atoms with E-state index in [9.17, 15) is 27.2 Å². The van der Waals surface area contributed by atoms with Gasteiger partial charge in [0.25, 0.3) is 5.91 Å². The van der Waals surface area contributed by atoms with Crippen LogP contribution in [0.15, 0.2) is 42.6 Å². The molecule has 0 saturated carbocycles. The molecule has 6 nitrogen and oxygen atoms in total. The minimum absolute atomic E-state index is 0.0435. The largest absolute Gasteiger partial charge is 0.471 e. The van der Waals surface area contributed by atoms with Gasteiger partial charge in [0, 0.05) is 44.3 Å². The van der Waals surface area contributed by atoms with E-state index in [1.165, 1.54) is 31.0 Å². The van der Waals surface area contributed by atoms with E-state index < -0.39 is 17.9 Å². The molecule has 0 radical (unpaired) electrons. The molecule has 2 aliphatic heterocycles. The zero-order valence-corrected chi connectivity index (χ0v) is 22.6. The van der Waals surface area contributed by atoms with Gasteiger partial charge < -0.3 is 19.7 Å². The van der Waals surface area contributed by atoms with Gasteiger partial charge in [0.1, 0.15) is 5.82 Å². The van der Waals surface area contributed by atoms with Crippen molar-refractivity contribution in [3.05, 3.63) is 70.7 Å². The lowest BCUT2D eigenvalue weighted by atomic mass is 9.88. The summed E-state index contributed by atoms with van der Waals surface area (Å²) in [6.45, 7) is 6.61. The monoisotopic (exact) mass is 558 g/mol. The summed E-state index contributed by atoms with van der Waals surface area (Å²) >= 11 is 0. The van der Waals surface area contributed by atoms with Crippen molar-refractivity contribution in [2.24, 2.45) is 0 Å². The summed E-state index contributed by atoms with van der Waals surface area (Å²) in [6.07, 6.45) is 0.533. The smallest absolute Gasteiger partial charge is 0.345 e. The number of aryl methyl sites for hydroxylation is 1. The maximum atomic E-state index is 14.7. The lowest BCUT2D eigenvalue weighted by Crippen LogP contribution is -2.38. The molecule has 1 N–H and O–H groups in total. The topological polar surface area (TPSA) is 57.6 Å². The predicted octanol–water partition coefficient (Wildman–Crippen LogP) is 5.38. The minimum Gasteiger partial charge on any atom is -0.345 e. The molecule has 3 heterocycles. The minimum atomic E-state index is -4.97. The molecule has 1 aromatic heterocycles. The van der Waals surface area contributed by atoms with Crippen LogP contribution in [-0.2, 0) is 17.9 Å². The molecule has 10 heteroatoms. The maximum absolute atomic E-state index is 14.7. The summed E-state index contributed by atoms with van der Waals surface area (Å²) in [7, 11) is 0. The standard InChI is InChI=1S/C30H34F4N4O2/c1-20-5-4-6-23-25(19-38(27(20)23)16-15-36-11-2-3-12-36)28(39)37-13-9-22(10-14-37)24-17-21(7-8-26(24)31)18-35-29(40)30(32,33)34/h4-8,17,19,22H,2-3,9-16,18H2,1H3,(H,35,40). The van der Waals surface area contributed by atoms with Crippen LogP contribution in [0.3, 0.4) is 0 Å². The average molecular weight is 559 g/mol. The highest BCUT2D eigenvalue weighted by Crippen LogP contribution is 2.33. The van der Waals surface area contributed by atoms with Gasteiger partial charge >= 0.3 is 12.1 Å². The number of fused-ring (bicyclic) bond motifs is 1. The molecule has 3 aromatic rings. The Morgan fingerprint density at radius 2 is 1.73 bits per heavy atom. The number of aromatic nitrogens is 1. The third-order valence-corrected chi connectivity index (χ3v) is 8.18. The van der Waals surface area contributed by atoms with E-state index in [-0.39, 0.29) is 18.4 Å². The number of nitrogens with zero attached hydrogens (tertiary/aromatic N) is 3. The van der Waals surface area contributed by atoms with Gasteiger partial charge in [0.2, 0.25) is 0 Å². The first-order valence-electron chi connectivity index (χ1n) is 13.8. The van der Waals surface area contributed by atoms with E-state index in [2.05, 4.69) is 22.5 Å². The highest BCUT2D eigenvalue weighted by molar-refractivity contribution is 6.07. The highest BCUT2D eigenvalue weighted by atomic mass is 19.4. The van der Waals surface area contributed by atoms with Crippen molar-refractivity contribution in [3.63, 3.8) is 0 Å². The van der Waals surface area contributed by atoms with Crippen molar-refractivity contribution in [1.82, 2.24) is 19.7 Å². The Labute approximate surface area is 230 Å². The predicted molar refractivity (Wildman–Crippen MR) is 145 cm³/mol. The van der Waals surface area contributed by atoms with Crippen LogP contribution in [0.25, 0.3) is 10.9 Å². The maximum Gasteiger partial charge on any atom is 0.471 e. The van der Waals surface area contributed by atoms with E-state index in [1.54, 1.807) is 0 Å². The highest BCUT2D eigenvalue weighted by Gasteiger charge is 2.38. The van der Waals surface area contributed by atoms with Crippen molar-refractivity contribution >= 4 is 22.7 Å². The number of alkyl halides is 3. The summed E-state index contributed by atoms with van der Waals surface area (Å²) in [5, 5.41) is 2.77. The Hall–Kier alpha value is -3.40. The number of halogens is 4. The van der Waals surface area contributed by atoms with E-state index in [4.69, 9.17) is 0 Å². The van der Waals surface area contributed by atoms with Gasteiger partial charge in [0.05, 0.1) is 11.1 Å². The number of nitrogens with one attached hydrogen (secondary N) is 1. The van der Waals surface area contributed by atoms with Crippen LogP contribution >= 0.6 is 0 Å². The van der Waals surface area contributed by atoms with Gasteiger partial charge in [-0.2, -0.15) is 13.2 Å². The van der Waals surface area contributed by atoms with E-state index >= 15 is 0 Å². The zero-order valence-electron chi connectivity index (χ0n) is 22.6. The number of likely N-dealkylation sites (tertiary alicyclic amines) is 2. The number of carbonyl (C=O) groups is 2. The number of rotatable bonds is 7. The number of carbonyl (C=O) groups excluding carboxylic acids is 2. The molecule has 0 unspecified atom stereocenters. The molecule has 2 aromatic carbocycles. The second-order valence-corrected chi connectivity index (χ2v) is 10.9. The van der Waals surface area contributed by atoms with Crippen LogP contribution < -0.4 is 5.32 Å². The SMILES string of the molecule is Cc1cccc2c(C(=O)N3CCC(c4cc(CNC(=O)C(F)(F)F)ccc4F)CC3)cn(CCN3CCCC3)c12. The van der Waals surface area contributed by atoms with Crippen LogP contribution in [0, 0.1) is 12.7 Å². The van der Waals surface area contributed by atoms with Gasteiger partial charge in [-0.3, -0.25) is 9.59 Å². The van der Waals surface area contributed by atoms with Crippen LogP contribution in [-0.4, -0.2) is 65.1 Å². The quantitative estimate of drug-likeness (QED) is 0.396. The molecular weight excluding hydrogens is 524 g/mol. The molecule has 5 rings (SSSR count). The second-order valence-electron chi connectivity index (χ2n) is 10.9. The molecular formula is C30H34F4N4O2. The fraction of sp³-hybridized carbons (Fsp3) is 0.467. The molecule has 0 aliphatic carbocycles. The molecule has 2 saturated heterocycles. The molecule has 2 aliphatic rings. The van der Waals surface area contributed by atoms with Gasteiger partial charge in [-0.05, 0) is 74.4 Å². The van der Waals surface area contributed by atoms with E-state index in [0.717, 1.165) is 42.6 Å². The van der Waals surface area contributed by atoms with Crippen molar-refractivity contribution in [2.75, 3.05) is 32.7 Å². The molecule has 214 valence electrons. The van der Waals surface area contributed by atoms with Crippen molar-refractivity contribution in [1.29, 1.82) is 0 Å². The summed E-state index contributed by atoms with van der Waals surface area (Å²) in [6, 6.07) is 10.1. The van der Waals surface area contributed by atoms with Gasteiger partial charge in [-0.15, -0.1) is 0 Å². The average Bonchev–Trinajstić information content (AvgIpc) is 3.59. The fourth-order valence-electron chi connectivity index (χ4n) is 6.01. The Kier molecular flexibility index (Phi) is 8.16. The molecule has 0 bridgehead atoms. The van der Waals surface area contributed by atoms with Crippen LogP contribution in [0.2, 0.25) is 0 Å². The van der Waals surface area contributed by atoms with Gasteiger partial charge in [0.15, 0.2) is 0 Å². The first-order valence-corrected chi connectivity index (χ1v) is 13.8. The first kappa shape index (κ1) is 28.1. The lowest BCUT2D eigenvalue weighted by molar-refractivity contribution is -0.173. The summed E-state index contributed by atoms with van der Waals surface area (Å²) < 4.78 is 54.4. The van der Waals surface area contributed by atoms with Crippen LogP contribution in [0.1, 0.15) is 58.6 Å². The Balaban J connectivity index is 1.27. The van der Waals surface area contributed by atoms with Crippen molar-refractivity contribution in [2.45, 2.75) is 57.8 Å². The number of para-hydroxylation sites is 1. The molecule has 2 fully saturated rings.